The Kier molecular flexibility index (Phi) is 4.73. The Labute approximate surface area is 178 Å². The van der Waals surface area contributed by atoms with Crippen LogP contribution < -0.4 is 4.90 Å². The molecule has 0 atom stereocenters. The van der Waals surface area contributed by atoms with E-state index in [1.165, 1.54) is 4.88 Å². The number of benzene rings is 1. The Morgan fingerprint density at radius 2 is 2.00 bits per heavy atom. The van der Waals surface area contributed by atoms with Crippen LogP contribution >= 0.6 is 11.3 Å². The Balaban J connectivity index is 1.24. The van der Waals surface area contributed by atoms with Gasteiger partial charge in [-0.1, -0.05) is 12.1 Å². The summed E-state index contributed by atoms with van der Waals surface area (Å²) in [6.07, 6.45) is 3.72. The number of rotatable bonds is 4. The van der Waals surface area contributed by atoms with Gasteiger partial charge in [0.15, 0.2) is 10.5 Å². The summed E-state index contributed by atoms with van der Waals surface area (Å²) in [5, 5.41) is 0. The smallest absolute Gasteiger partial charge is 0.298 e. The van der Waals surface area contributed by atoms with Gasteiger partial charge in [-0.05, 0) is 38.8 Å². The molecule has 156 valence electrons. The number of amides is 1. The van der Waals surface area contributed by atoms with Crippen molar-refractivity contribution < 1.29 is 9.21 Å². The minimum Gasteiger partial charge on any atom is -0.423 e. The number of anilines is 1. The van der Waals surface area contributed by atoms with E-state index in [0.717, 1.165) is 53.4 Å². The maximum absolute atomic E-state index is 13.1. The molecule has 5 rings (SSSR count). The fraction of sp³-hybridized carbons (Fsp3) is 0.409. The van der Waals surface area contributed by atoms with Gasteiger partial charge in [-0.25, -0.2) is 4.98 Å². The Bertz CT molecular complexity index is 1180. The minimum atomic E-state index is 0.0311. The van der Waals surface area contributed by atoms with E-state index in [0.29, 0.717) is 12.6 Å². The highest BCUT2D eigenvalue weighted by Crippen LogP contribution is 2.28. The normalized spacial score (nSPS) is 15.4. The lowest BCUT2D eigenvalue weighted by atomic mass is 9.95. The SMILES string of the molecule is Cc1cn2c(CN(C)C(=O)C3CCN(c4nc5ccccc5o4)CC3)c(C)nc2s1. The third-order valence-corrected chi connectivity index (χ3v) is 6.80. The second kappa shape index (κ2) is 7.43. The zero-order valence-electron chi connectivity index (χ0n) is 17.5. The highest BCUT2D eigenvalue weighted by Gasteiger charge is 2.29. The number of hydrogen-bond donors (Lipinski definition) is 0. The molecule has 1 aliphatic rings. The highest BCUT2D eigenvalue weighted by atomic mass is 32.1. The van der Waals surface area contributed by atoms with E-state index in [2.05, 4.69) is 32.4 Å². The lowest BCUT2D eigenvalue weighted by Gasteiger charge is -2.32. The summed E-state index contributed by atoms with van der Waals surface area (Å²) in [4.78, 5) is 28.5. The third kappa shape index (κ3) is 3.35. The van der Waals surface area contributed by atoms with E-state index >= 15 is 0 Å². The second-order valence-electron chi connectivity index (χ2n) is 8.06. The van der Waals surface area contributed by atoms with Crippen LogP contribution in [-0.4, -0.2) is 45.3 Å². The summed E-state index contributed by atoms with van der Waals surface area (Å²) >= 11 is 1.68. The number of hydrogen-bond acceptors (Lipinski definition) is 6. The molecule has 0 unspecified atom stereocenters. The van der Waals surface area contributed by atoms with Crippen molar-refractivity contribution in [2.75, 3.05) is 25.0 Å². The molecule has 0 bridgehead atoms. The summed E-state index contributed by atoms with van der Waals surface area (Å²) in [7, 11) is 1.90. The summed E-state index contributed by atoms with van der Waals surface area (Å²) in [5.74, 6) is 0.233. The Hall–Kier alpha value is -2.87. The molecule has 4 aromatic rings. The molecule has 1 fully saturated rings. The van der Waals surface area contributed by atoms with Crippen molar-refractivity contribution >= 4 is 39.3 Å². The number of thiazole rings is 1. The van der Waals surface area contributed by atoms with Crippen molar-refractivity contribution in [2.24, 2.45) is 5.92 Å². The summed E-state index contributed by atoms with van der Waals surface area (Å²) < 4.78 is 8.01. The monoisotopic (exact) mass is 423 g/mol. The highest BCUT2D eigenvalue weighted by molar-refractivity contribution is 7.17. The van der Waals surface area contributed by atoms with Crippen LogP contribution in [0.1, 0.15) is 29.1 Å². The fourth-order valence-electron chi connectivity index (χ4n) is 4.23. The third-order valence-electron chi connectivity index (χ3n) is 5.90. The van der Waals surface area contributed by atoms with Crippen LogP contribution in [0.25, 0.3) is 16.1 Å². The molecule has 0 N–H and O–H groups in total. The van der Waals surface area contributed by atoms with Crippen LogP contribution in [0.2, 0.25) is 0 Å². The first-order chi connectivity index (χ1) is 14.5. The molecule has 1 aliphatic heterocycles. The molecule has 3 aromatic heterocycles. The predicted octanol–water partition coefficient (Wildman–Crippen LogP) is 4.03. The van der Waals surface area contributed by atoms with Crippen molar-refractivity contribution in [3.05, 3.63) is 46.7 Å². The molecule has 1 aromatic carbocycles. The number of fused-ring (bicyclic) bond motifs is 2. The second-order valence-corrected chi connectivity index (χ2v) is 9.27. The van der Waals surface area contributed by atoms with Gasteiger partial charge in [0.1, 0.15) is 5.52 Å². The first-order valence-corrected chi connectivity index (χ1v) is 11.1. The number of aryl methyl sites for hydroxylation is 2. The fourth-order valence-corrected chi connectivity index (χ4v) is 5.12. The maximum atomic E-state index is 13.1. The predicted molar refractivity (Wildman–Crippen MR) is 118 cm³/mol. The summed E-state index contributed by atoms with van der Waals surface area (Å²) in [6.45, 7) is 6.22. The van der Waals surface area contributed by atoms with Gasteiger partial charge in [0.2, 0.25) is 5.91 Å². The van der Waals surface area contributed by atoms with E-state index < -0.39 is 0 Å². The molecule has 4 heterocycles. The minimum absolute atomic E-state index is 0.0311. The van der Waals surface area contributed by atoms with Gasteiger partial charge in [0.05, 0.1) is 17.9 Å². The van der Waals surface area contributed by atoms with Crippen LogP contribution in [0.15, 0.2) is 34.9 Å². The molecular formula is C22H25N5O2S. The van der Waals surface area contributed by atoms with Crippen molar-refractivity contribution in [1.82, 2.24) is 19.3 Å². The first kappa shape index (κ1) is 19.1. The number of aromatic nitrogens is 3. The van der Waals surface area contributed by atoms with Gasteiger partial charge in [0, 0.05) is 37.1 Å². The zero-order valence-corrected chi connectivity index (χ0v) is 18.3. The topological polar surface area (TPSA) is 66.9 Å². The Morgan fingerprint density at radius 3 is 2.77 bits per heavy atom. The van der Waals surface area contributed by atoms with Gasteiger partial charge in [-0.2, -0.15) is 4.98 Å². The van der Waals surface area contributed by atoms with Crippen molar-refractivity contribution in [1.29, 1.82) is 0 Å². The van der Waals surface area contributed by atoms with E-state index in [1.54, 1.807) is 11.3 Å². The molecule has 0 saturated carbocycles. The van der Waals surface area contributed by atoms with Gasteiger partial charge in [-0.15, -0.1) is 11.3 Å². The average Bonchev–Trinajstić information content (AvgIpc) is 3.41. The van der Waals surface area contributed by atoms with Crippen LogP contribution in [0.5, 0.6) is 0 Å². The first-order valence-electron chi connectivity index (χ1n) is 10.3. The molecular weight excluding hydrogens is 398 g/mol. The molecule has 1 amide bonds. The lowest BCUT2D eigenvalue weighted by Crippen LogP contribution is -2.41. The zero-order chi connectivity index (χ0) is 20.8. The molecule has 0 radical (unpaired) electrons. The quantitative estimate of drug-likeness (QED) is 0.496. The average molecular weight is 424 g/mol. The number of carbonyl (C=O) groups excluding carboxylic acids is 1. The Morgan fingerprint density at radius 1 is 1.23 bits per heavy atom. The van der Waals surface area contributed by atoms with E-state index in [-0.39, 0.29) is 11.8 Å². The van der Waals surface area contributed by atoms with E-state index in [4.69, 9.17) is 4.42 Å². The van der Waals surface area contributed by atoms with Crippen molar-refractivity contribution in [2.45, 2.75) is 33.2 Å². The molecule has 1 saturated heterocycles. The number of oxazole rings is 1. The number of imidazole rings is 1. The summed E-state index contributed by atoms with van der Waals surface area (Å²) in [6, 6.07) is 8.45. The molecule has 0 spiro atoms. The van der Waals surface area contributed by atoms with Gasteiger partial charge in [0.25, 0.3) is 6.01 Å². The standard InChI is InChI=1S/C22H25N5O2S/c1-14-12-27-18(15(2)23-22(27)30-14)13-25(3)20(28)16-8-10-26(11-9-16)21-24-17-6-4-5-7-19(17)29-21/h4-7,12,16H,8-11,13H2,1-3H3. The van der Waals surface area contributed by atoms with E-state index in [1.807, 2.05) is 43.1 Å². The van der Waals surface area contributed by atoms with Gasteiger partial charge >= 0.3 is 0 Å². The van der Waals surface area contributed by atoms with Crippen LogP contribution in [0.4, 0.5) is 6.01 Å². The number of carbonyl (C=O) groups is 1. The van der Waals surface area contributed by atoms with Gasteiger partial charge in [-0.3, -0.25) is 9.20 Å². The number of piperidine rings is 1. The molecule has 8 heteroatoms. The van der Waals surface area contributed by atoms with Crippen LogP contribution in [-0.2, 0) is 11.3 Å². The number of para-hydroxylation sites is 2. The van der Waals surface area contributed by atoms with Gasteiger partial charge < -0.3 is 14.2 Å². The van der Waals surface area contributed by atoms with Crippen LogP contribution in [0.3, 0.4) is 0 Å². The molecule has 7 nitrogen and oxygen atoms in total. The lowest BCUT2D eigenvalue weighted by molar-refractivity contribution is -0.135. The number of nitrogens with zero attached hydrogens (tertiary/aromatic N) is 5. The molecule has 30 heavy (non-hydrogen) atoms. The van der Waals surface area contributed by atoms with E-state index in [9.17, 15) is 4.79 Å². The van der Waals surface area contributed by atoms with Crippen LogP contribution in [0, 0.1) is 19.8 Å². The molecule has 0 aliphatic carbocycles. The summed E-state index contributed by atoms with van der Waals surface area (Å²) in [5.41, 5.74) is 3.76. The van der Waals surface area contributed by atoms with Crippen molar-refractivity contribution in [3.63, 3.8) is 0 Å². The maximum Gasteiger partial charge on any atom is 0.298 e. The van der Waals surface area contributed by atoms with Crippen molar-refractivity contribution in [3.8, 4) is 0 Å². The largest absolute Gasteiger partial charge is 0.423 e.